The van der Waals surface area contributed by atoms with Gasteiger partial charge < -0.3 is 24.1 Å². The topological polar surface area (TPSA) is 112 Å². The van der Waals surface area contributed by atoms with Crippen molar-refractivity contribution in [1.82, 2.24) is 4.90 Å². The number of benzene rings is 1. The Morgan fingerprint density at radius 1 is 1.31 bits per heavy atom. The first-order chi connectivity index (χ1) is 15.2. The smallest absolute Gasteiger partial charge is 0.339 e. The van der Waals surface area contributed by atoms with E-state index in [9.17, 15) is 19.5 Å². The molecule has 0 saturated carbocycles. The summed E-state index contributed by atoms with van der Waals surface area (Å²) in [6, 6.07) is 3.09. The molecule has 1 unspecified atom stereocenters. The molecule has 0 radical (unpaired) electrons. The van der Waals surface area contributed by atoms with E-state index in [-0.39, 0.29) is 29.9 Å². The molecule has 1 aliphatic carbocycles. The largest absolute Gasteiger partial charge is 0.493 e. The summed E-state index contributed by atoms with van der Waals surface area (Å²) in [7, 11) is 3.41. The van der Waals surface area contributed by atoms with Crippen LogP contribution >= 0.6 is 0 Å². The Bertz CT molecular complexity index is 984. The lowest BCUT2D eigenvalue weighted by atomic mass is 9.73. The number of nitrogens with zero attached hydrogens (tertiary/aromatic N) is 1. The van der Waals surface area contributed by atoms with Crippen LogP contribution in [0.2, 0.25) is 0 Å². The molecule has 4 rings (SSSR count). The lowest BCUT2D eigenvalue weighted by Gasteiger charge is -2.44. The van der Waals surface area contributed by atoms with Gasteiger partial charge in [0.25, 0.3) is 0 Å². The average molecular weight is 445 g/mol. The summed E-state index contributed by atoms with van der Waals surface area (Å²) in [4.78, 5) is 39.0. The fourth-order valence-electron chi connectivity index (χ4n) is 4.89. The number of ether oxygens (including phenoxy) is 4. The Morgan fingerprint density at radius 2 is 2.06 bits per heavy atom. The van der Waals surface area contributed by atoms with Gasteiger partial charge in [-0.3, -0.25) is 14.5 Å². The molecule has 1 aromatic carbocycles. The first-order valence-electron chi connectivity index (χ1n) is 10.6. The predicted molar refractivity (Wildman–Crippen MR) is 112 cm³/mol. The maximum absolute atomic E-state index is 12.9. The van der Waals surface area contributed by atoms with Crippen molar-refractivity contribution in [3.05, 3.63) is 34.9 Å². The molecule has 2 heterocycles. The lowest BCUT2D eigenvalue weighted by Crippen LogP contribution is -2.51. The van der Waals surface area contributed by atoms with Gasteiger partial charge >= 0.3 is 17.9 Å². The Balaban J connectivity index is 1.80. The molecule has 32 heavy (non-hydrogen) atoms. The molecule has 3 aliphatic rings. The van der Waals surface area contributed by atoms with Crippen LogP contribution in [-0.2, 0) is 19.1 Å². The molecule has 5 atom stereocenters. The number of aliphatic hydroxyl groups is 1. The Morgan fingerprint density at radius 3 is 2.72 bits per heavy atom. The highest BCUT2D eigenvalue weighted by atomic mass is 16.6. The summed E-state index contributed by atoms with van der Waals surface area (Å²) in [5.41, 5.74) is 2.09. The van der Waals surface area contributed by atoms with Crippen LogP contribution < -0.4 is 9.47 Å². The van der Waals surface area contributed by atoms with Crippen molar-refractivity contribution in [1.29, 1.82) is 0 Å². The fraction of sp³-hybridized carbons (Fsp3) is 0.522. The van der Waals surface area contributed by atoms with Crippen LogP contribution in [0.5, 0.6) is 11.5 Å². The summed E-state index contributed by atoms with van der Waals surface area (Å²) >= 11 is 0. The molecule has 9 heteroatoms. The molecule has 1 saturated heterocycles. The molecule has 1 fully saturated rings. The first-order valence-corrected chi connectivity index (χ1v) is 10.6. The average Bonchev–Trinajstić information content (AvgIpc) is 3.07. The van der Waals surface area contributed by atoms with E-state index in [1.807, 2.05) is 13.1 Å². The Labute approximate surface area is 185 Å². The van der Waals surface area contributed by atoms with Gasteiger partial charge in [0.2, 0.25) is 0 Å². The minimum atomic E-state index is -0.854. The molecule has 9 nitrogen and oxygen atoms in total. The third-order valence-corrected chi connectivity index (χ3v) is 6.15. The number of aliphatic hydroxyl groups excluding tert-OH is 1. The second-order valence-electron chi connectivity index (χ2n) is 8.50. The van der Waals surface area contributed by atoms with Crippen LogP contribution in [0.25, 0.3) is 0 Å². The number of carbonyl (C=O) groups excluding carboxylic acids is 3. The zero-order chi connectivity index (χ0) is 23.2. The second-order valence-corrected chi connectivity index (χ2v) is 8.50. The zero-order valence-electron chi connectivity index (χ0n) is 18.5. The van der Waals surface area contributed by atoms with Gasteiger partial charge in [-0.05, 0) is 44.2 Å². The van der Waals surface area contributed by atoms with Crippen molar-refractivity contribution in [2.45, 2.75) is 57.0 Å². The summed E-state index contributed by atoms with van der Waals surface area (Å²) in [5.74, 6) is -1.59. The van der Waals surface area contributed by atoms with Crippen molar-refractivity contribution >= 4 is 17.9 Å². The zero-order valence-corrected chi connectivity index (χ0v) is 18.5. The van der Waals surface area contributed by atoms with Crippen molar-refractivity contribution in [3.8, 4) is 11.5 Å². The summed E-state index contributed by atoms with van der Waals surface area (Å²) in [6.07, 6.45) is 0.271. The van der Waals surface area contributed by atoms with Crippen LogP contribution in [0.15, 0.2) is 23.8 Å². The van der Waals surface area contributed by atoms with Gasteiger partial charge in [0.05, 0.1) is 25.2 Å². The summed E-state index contributed by atoms with van der Waals surface area (Å²) < 4.78 is 22.1. The van der Waals surface area contributed by atoms with Gasteiger partial charge in [0, 0.05) is 25.4 Å². The molecule has 0 spiro atoms. The number of likely N-dealkylation sites (tertiary alicyclic amines) is 1. The van der Waals surface area contributed by atoms with E-state index in [1.165, 1.54) is 27.0 Å². The van der Waals surface area contributed by atoms with E-state index in [2.05, 4.69) is 4.90 Å². The van der Waals surface area contributed by atoms with Gasteiger partial charge in [-0.2, -0.15) is 0 Å². The first kappa shape index (κ1) is 22.3. The third kappa shape index (κ3) is 3.98. The third-order valence-electron chi connectivity index (χ3n) is 6.15. The maximum atomic E-state index is 12.9. The monoisotopic (exact) mass is 445 g/mol. The molecule has 172 valence electrons. The van der Waals surface area contributed by atoms with Crippen LogP contribution in [0, 0.1) is 0 Å². The Hall–Kier alpha value is -2.91. The molecule has 1 N–H and O–H groups in total. The Kier molecular flexibility index (Phi) is 5.96. The van der Waals surface area contributed by atoms with E-state index < -0.39 is 36.2 Å². The molecular formula is C23H27NO8. The summed E-state index contributed by atoms with van der Waals surface area (Å²) in [5, 5.41) is 9.50. The van der Waals surface area contributed by atoms with Crippen molar-refractivity contribution in [2.75, 3.05) is 20.7 Å². The molecule has 0 amide bonds. The van der Waals surface area contributed by atoms with Gasteiger partial charge in [0.1, 0.15) is 0 Å². The highest BCUT2D eigenvalue weighted by Crippen LogP contribution is 2.48. The van der Waals surface area contributed by atoms with E-state index in [0.29, 0.717) is 11.1 Å². The van der Waals surface area contributed by atoms with Crippen LogP contribution in [-0.4, -0.2) is 73.0 Å². The van der Waals surface area contributed by atoms with Gasteiger partial charge in [-0.25, -0.2) is 4.79 Å². The second kappa shape index (κ2) is 8.55. The van der Waals surface area contributed by atoms with Crippen molar-refractivity contribution in [2.24, 2.45) is 0 Å². The van der Waals surface area contributed by atoms with E-state index in [4.69, 9.17) is 18.9 Å². The van der Waals surface area contributed by atoms with Crippen LogP contribution in [0.3, 0.4) is 0 Å². The highest BCUT2D eigenvalue weighted by Gasteiger charge is 2.52. The van der Waals surface area contributed by atoms with Crippen molar-refractivity contribution < 1.29 is 38.4 Å². The number of rotatable bonds is 5. The van der Waals surface area contributed by atoms with E-state index in [0.717, 1.165) is 18.5 Å². The molecule has 0 aromatic heterocycles. The fourth-order valence-corrected chi connectivity index (χ4v) is 4.89. The van der Waals surface area contributed by atoms with Gasteiger partial charge in [-0.1, -0.05) is 5.57 Å². The normalized spacial score (nSPS) is 27.3. The minimum Gasteiger partial charge on any atom is -0.493 e. The minimum absolute atomic E-state index is 0.0481. The number of fused-ring (bicyclic) bond motifs is 5. The van der Waals surface area contributed by atoms with E-state index in [1.54, 1.807) is 6.07 Å². The molecule has 0 bridgehead atoms. The van der Waals surface area contributed by atoms with Crippen LogP contribution in [0.4, 0.5) is 0 Å². The highest BCUT2D eigenvalue weighted by molar-refractivity contribution is 5.94. The predicted octanol–water partition coefficient (Wildman–Crippen LogP) is 1.57. The molecule has 1 aromatic rings. The van der Waals surface area contributed by atoms with Crippen molar-refractivity contribution in [3.63, 3.8) is 0 Å². The number of methoxy groups -OCH3 is 1. The number of hydrogen-bond acceptors (Lipinski definition) is 9. The SMILES string of the molecule is COc1cc2c(cc1OC(=O)CC(C)O)[C@@H]1[C@H](OC2=O)[C@@H](OC(C)=O)C=C2CCN(C)[C@H]21. The standard InChI is InChI=1S/C23H27NO8/c1-11(25)7-19(27)31-17-9-14-15(10-16(17)29-4)23(28)32-22-18(30-12(2)26)8-13-5-6-24(3)21(13)20(14)22/h8-11,18,20-22,25H,5-7H2,1-4H3/t11?,18-,20-,21+,22+/m0/s1. The van der Waals surface area contributed by atoms with E-state index >= 15 is 0 Å². The lowest BCUT2D eigenvalue weighted by molar-refractivity contribution is -0.151. The number of esters is 3. The number of hydrogen-bond donors (Lipinski definition) is 1. The number of carbonyl (C=O) groups is 3. The molecular weight excluding hydrogens is 418 g/mol. The van der Waals surface area contributed by atoms with Crippen LogP contribution in [0.1, 0.15) is 48.5 Å². The van der Waals surface area contributed by atoms with Gasteiger partial charge in [0.15, 0.2) is 23.7 Å². The maximum Gasteiger partial charge on any atom is 0.339 e. The van der Waals surface area contributed by atoms with Gasteiger partial charge in [-0.15, -0.1) is 0 Å². The summed E-state index contributed by atoms with van der Waals surface area (Å²) in [6.45, 7) is 3.64. The molecule has 2 aliphatic heterocycles. The number of likely N-dealkylation sites (N-methyl/N-ethyl adjacent to an activating group) is 1. The quantitative estimate of drug-likeness (QED) is 0.410.